The molecule has 0 unspecified atom stereocenters. The number of aryl methyl sites for hydroxylation is 2. The van der Waals surface area contributed by atoms with Crippen molar-refractivity contribution < 1.29 is 9.90 Å². The summed E-state index contributed by atoms with van der Waals surface area (Å²) in [5.41, 5.74) is 15.9. The van der Waals surface area contributed by atoms with Crippen molar-refractivity contribution in [3.05, 3.63) is 40.6 Å². The molecule has 1 amide bonds. The second kappa shape index (κ2) is 5.14. The molecule has 0 aliphatic carbocycles. The van der Waals surface area contributed by atoms with Gasteiger partial charge in [0.1, 0.15) is 11.6 Å². The molecule has 1 aromatic carbocycles. The van der Waals surface area contributed by atoms with Crippen molar-refractivity contribution in [1.29, 1.82) is 0 Å². The minimum atomic E-state index is -0.591. The standard InChI is InChI=1S/C18H19N5O2/c1-9-6-7-12(24)10(2)15(9)23-16(19)14(17(20)25)13-11-5-3-4-8-22(11)21-18(13)23/h3,5-7,24H,4,8,19H2,1-2H3,(H2,20,25). The Hall–Kier alpha value is -3.22. The van der Waals surface area contributed by atoms with Gasteiger partial charge >= 0.3 is 0 Å². The summed E-state index contributed by atoms with van der Waals surface area (Å²) in [6.07, 6.45) is 4.86. The molecule has 0 spiro atoms. The molecule has 1 aliphatic heterocycles. The average molecular weight is 337 g/mol. The summed E-state index contributed by atoms with van der Waals surface area (Å²) < 4.78 is 3.58. The number of aromatic nitrogens is 3. The molecule has 3 aromatic rings. The number of phenols is 1. The SMILES string of the molecule is Cc1ccc(O)c(C)c1-n1c(N)c(C(N)=O)c2c3n(nc21)CCC=C3. The molecule has 5 N–H and O–H groups in total. The van der Waals surface area contributed by atoms with Crippen molar-refractivity contribution in [3.8, 4) is 11.4 Å². The van der Waals surface area contributed by atoms with Crippen molar-refractivity contribution in [3.63, 3.8) is 0 Å². The van der Waals surface area contributed by atoms with Crippen LogP contribution >= 0.6 is 0 Å². The summed E-state index contributed by atoms with van der Waals surface area (Å²) in [7, 11) is 0. The molecule has 1 aliphatic rings. The van der Waals surface area contributed by atoms with Crippen molar-refractivity contribution in [2.45, 2.75) is 26.8 Å². The molecule has 0 saturated carbocycles. The number of nitrogens with zero attached hydrogens (tertiary/aromatic N) is 3. The molecule has 0 saturated heterocycles. The number of rotatable bonds is 2. The van der Waals surface area contributed by atoms with E-state index in [1.54, 1.807) is 10.6 Å². The van der Waals surface area contributed by atoms with E-state index in [9.17, 15) is 9.90 Å². The number of hydrogen-bond acceptors (Lipinski definition) is 4. The molecule has 0 atom stereocenters. The first-order valence-electron chi connectivity index (χ1n) is 8.08. The van der Waals surface area contributed by atoms with E-state index >= 15 is 0 Å². The molecule has 3 heterocycles. The highest BCUT2D eigenvalue weighted by Crippen LogP contribution is 2.38. The number of fused-ring (bicyclic) bond motifs is 3. The lowest BCUT2D eigenvalue weighted by Crippen LogP contribution is -2.15. The van der Waals surface area contributed by atoms with Crippen LogP contribution in [0, 0.1) is 13.8 Å². The number of nitrogens with two attached hydrogens (primary N) is 2. The molecule has 128 valence electrons. The topological polar surface area (TPSA) is 112 Å². The van der Waals surface area contributed by atoms with Crippen LogP contribution in [0.4, 0.5) is 5.82 Å². The van der Waals surface area contributed by atoms with Gasteiger partial charge in [0.15, 0.2) is 5.65 Å². The zero-order chi connectivity index (χ0) is 17.9. The molecule has 2 aromatic heterocycles. The number of aromatic hydroxyl groups is 1. The van der Waals surface area contributed by atoms with Gasteiger partial charge in [-0.15, -0.1) is 0 Å². The number of carbonyl (C=O) groups excluding carboxylic acids is 1. The second-order valence-electron chi connectivity index (χ2n) is 6.33. The number of anilines is 1. The van der Waals surface area contributed by atoms with Crippen LogP contribution < -0.4 is 11.5 Å². The monoisotopic (exact) mass is 337 g/mol. The Labute approximate surface area is 144 Å². The van der Waals surface area contributed by atoms with Crippen LogP contribution in [0.1, 0.15) is 33.6 Å². The highest BCUT2D eigenvalue weighted by Gasteiger charge is 2.28. The Balaban J connectivity index is 2.18. The maximum atomic E-state index is 12.1. The number of amides is 1. The summed E-state index contributed by atoms with van der Waals surface area (Å²) in [6, 6.07) is 3.45. The van der Waals surface area contributed by atoms with Gasteiger partial charge in [0.05, 0.1) is 22.3 Å². The van der Waals surface area contributed by atoms with E-state index < -0.39 is 5.91 Å². The Morgan fingerprint density at radius 3 is 2.80 bits per heavy atom. The van der Waals surface area contributed by atoms with E-state index in [1.807, 2.05) is 36.7 Å². The molecular weight excluding hydrogens is 318 g/mol. The number of nitrogen functional groups attached to an aromatic ring is 1. The Bertz CT molecular complexity index is 1070. The second-order valence-corrected chi connectivity index (χ2v) is 6.33. The van der Waals surface area contributed by atoms with Crippen molar-refractivity contribution in [2.24, 2.45) is 5.73 Å². The van der Waals surface area contributed by atoms with Gasteiger partial charge in [-0.3, -0.25) is 14.0 Å². The normalized spacial score (nSPS) is 13.4. The van der Waals surface area contributed by atoms with Gasteiger partial charge in [-0.05, 0) is 38.0 Å². The molecule has 0 bridgehead atoms. The molecule has 0 radical (unpaired) electrons. The van der Waals surface area contributed by atoms with Crippen LogP contribution in [0.25, 0.3) is 22.8 Å². The van der Waals surface area contributed by atoms with Crippen molar-refractivity contribution in [2.75, 3.05) is 5.73 Å². The first-order chi connectivity index (χ1) is 11.9. The van der Waals surface area contributed by atoms with E-state index in [0.29, 0.717) is 16.6 Å². The van der Waals surface area contributed by atoms with Crippen LogP contribution in [0.3, 0.4) is 0 Å². The Morgan fingerprint density at radius 2 is 2.08 bits per heavy atom. The summed E-state index contributed by atoms with van der Waals surface area (Å²) in [6.45, 7) is 4.46. The summed E-state index contributed by atoms with van der Waals surface area (Å²) in [5.74, 6) is -0.193. The fraction of sp³-hybridized carbons (Fsp3) is 0.222. The van der Waals surface area contributed by atoms with E-state index in [1.165, 1.54) is 0 Å². The first kappa shape index (κ1) is 15.3. The molecule has 25 heavy (non-hydrogen) atoms. The van der Waals surface area contributed by atoms with Gasteiger partial charge in [0, 0.05) is 12.1 Å². The van der Waals surface area contributed by atoms with Gasteiger partial charge in [-0.2, -0.15) is 5.10 Å². The van der Waals surface area contributed by atoms with Crippen LogP contribution in [-0.4, -0.2) is 25.4 Å². The van der Waals surface area contributed by atoms with Gasteiger partial charge in [-0.1, -0.05) is 12.1 Å². The molecule has 0 fully saturated rings. The van der Waals surface area contributed by atoms with Crippen LogP contribution in [0.15, 0.2) is 18.2 Å². The van der Waals surface area contributed by atoms with E-state index in [2.05, 4.69) is 5.10 Å². The lowest BCUT2D eigenvalue weighted by molar-refractivity contribution is 0.100. The fourth-order valence-electron chi connectivity index (χ4n) is 3.59. The molecule has 4 rings (SSSR count). The van der Waals surface area contributed by atoms with E-state index in [0.717, 1.165) is 29.9 Å². The summed E-state index contributed by atoms with van der Waals surface area (Å²) >= 11 is 0. The Morgan fingerprint density at radius 1 is 1.32 bits per heavy atom. The van der Waals surface area contributed by atoms with Crippen LogP contribution in [-0.2, 0) is 6.54 Å². The number of primary amides is 1. The predicted molar refractivity (Wildman–Crippen MR) is 96.8 cm³/mol. The van der Waals surface area contributed by atoms with Gasteiger partial charge in [0.25, 0.3) is 5.91 Å². The minimum Gasteiger partial charge on any atom is -0.508 e. The Kier molecular flexibility index (Phi) is 3.15. The third-order valence-corrected chi connectivity index (χ3v) is 4.79. The molecule has 7 heteroatoms. The number of benzene rings is 1. The zero-order valence-corrected chi connectivity index (χ0v) is 14.1. The number of hydrogen-bond donors (Lipinski definition) is 3. The van der Waals surface area contributed by atoms with Crippen molar-refractivity contribution in [1.82, 2.24) is 14.3 Å². The average Bonchev–Trinajstić information content (AvgIpc) is 3.06. The largest absolute Gasteiger partial charge is 0.508 e. The molecule has 7 nitrogen and oxygen atoms in total. The minimum absolute atomic E-state index is 0.159. The maximum absolute atomic E-state index is 12.1. The van der Waals surface area contributed by atoms with Crippen LogP contribution in [0.5, 0.6) is 5.75 Å². The third kappa shape index (κ3) is 1.98. The van der Waals surface area contributed by atoms with Gasteiger partial charge in [-0.25, -0.2) is 0 Å². The maximum Gasteiger partial charge on any atom is 0.253 e. The first-order valence-corrected chi connectivity index (χ1v) is 8.08. The fourth-order valence-corrected chi connectivity index (χ4v) is 3.59. The highest BCUT2D eigenvalue weighted by atomic mass is 16.3. The number of phenolic OH excluding ortho intramolecular Hbond substituents is 1. The van der Waals surface area contributed by atoms with E-state index in [4.69, 9.17) is 11.5 Å². The predicted octanol–water partition coefficient (Wildman–Crippen LogP) is 2.25. The zero-order valence-electron chi connectivity index (χ0n) is 14.1. The van der Waals surface area contributed by atoms with Crippen LogP contribution in [0.2, 0.25) is 0 Å². The van der Waals surface area contributed by atoms with Gasteiger partial charge < -0.3 is 16.6 Å². The highest BCUT2D eigenvalue weighted by molar-refractivity contribution is 6.13. The number of allylic oxidation sites excluding steroid dienone is 1. The lowest BCUT2D eigenvalue weighted by atomic mass is 10.1. The van der Waals surface area contributed by atoms with Crippen molar-refractivity contribution >= 4 is 28.8 Å². The summed E-state index contributed by atoms with van der Waals surface area (Å²) in [5, 5.41) is 15.5. The van der Waals surface area contributed by atoms with E-state index in [-0.39, 0.29) is 17.1 Å². The number of carbonyl (C=O) groups is 1. The molecular formula is C18H19N5O2. The quantitative estimate of drug-likeness (QED) is 0.665. The third-order valence-electron chi connectivity index (χ3n) is 4.79. The van der Waals surface area contributed by atoms with Gasteiger partial charge in [0.2, 0.25) is 0 Å². The summed E-state index contributed by atoms with van der Waals surface area (Å²) in [4.78, 5) is 12.1. The smallest absolute Gasteiger partial charge is 0.253 e. The lowest BCUT2D eigenvalue weighted by Gasteiger charge is -2.15.